The van der Waals surface area contributed by atoms with Crippen LogP contribution in [-0.2, 0) is 20.0 Å². The largest absolute Gasteiger partial charge is 0.219 e. The van der Waals surface area contributed by atoms with Crippen LogP contribution in [0.15, 0.2) is 0 Å². The summed E-state index contributed by atoms with van der Waals surface area (Å²) >= 11 is 0. The summed E-state index contributed by atoms with van der Waals surface area (Å²) in [4.78, 5) is 4.42. The smallest absolute Gasteiger partial charge is 0.0880 e. The quantitative estimate of drug-likeness (QED) is 0.353. The zero-order valence-electron chi connectivity index (χ0n) is 6.07. The number of hydrogen-bond acceptors (Lipinski definition) is 5. The van der Waals surface area contributed by atoms with Crippen LogP contribution >= 0.6 is 0 Å². The monoisotopic (exact) mass is 152 g/mol. The minimum atomic E-state index is 0.391. The molecule has 0 unspecified atom stereocenters. The van der Waals surface area contributed by atoms with Crippen molar-refractivity contribution in [3.8, 4) is 0 Å². The predicted molar refractivity (Wildman–Crippen MR) is 31.3 cm³/mol. The van der Waals surface area contributed by atoms with Crippen molar-refractivity contribution in [3.05, 3.63) is 0 Å². The first kappa shape index (κ1) is 9.80. The molecule has 0 aromatic heterocycles. The van der Waals surface area contributed by atoms with Gasteiger partial charge in [-0.3, -0.25) is 0 Å². The zero-order chi connectivity index (χ0) is 7.82. The summed E-state index contributed by atoms with van der Waals surface area (Å²) in [5, 5.41) is 18.1. The molecule has 0 aliphatic carbocycles. The van der Waals surface area contributed by atoms with E-state index in [9.17, 15) is 0 Å². The average molecular weight is 152 g/mol. The van der Waals surface area contributed by atoms with Gasteiger partial charge in [0.1, 0.15) is 0 Å². The van der Waals surface area contributed by atoms with E-state index in [1.165, 1.54) is 0 Å². The Bertz CT molecular complexity index is 67.1. The highest BCUT2D eigenvalue weighted by Gasteiger charge is 1.98. The number of hydrogen-bond donors (Lipinski definition) is 1. The van der Waals surface area contributed by atoms with Crippen LogP contribution in [0.25, 0.3) is 0 Å². The van der Waals surface area contributed by atoms with Gasteiger partial charge in [0, 0.05) is 0 Å². The molecule has 10 heavy (non-hydrogen) atoms. The van der Waals surface area contributed by atoms with Crippen LogP contribution in [0, 0.1) is 5.92 Å². The van der Waals surface area contributed by atoms with Gasteiger partial charge in [0.25, 0.3) is 0 Å². The second-order valence-electron chi connectivity index (χ2n) is 2.01. The fraction of sp³-hybridized carbons (Fsp3) is 1.00. The second kappa shape index (κ2) is 6.91. The molecule has 0 amide bonds. The Hall–Kier alpha value is -0.200. The van der Waals surface area contributed by atoms with Gasteiger partial charge >= 0.3 is 0 Å². The van der Waals surface area contributed by atoms with Crippen LogP contribution in [0.3, 0.4) is 0 Å². The lowest BCUT2D eigenvalue weighted by Gasteiger charge is -2.04. The highest BCUT2D eigenvalue weighted by molar-refractivity contribution is 4.42. The molecule has 1 atom stereocenters. The molecule has 0 spiro atoms. The van der Waals surface area contributed by atoms with Crippen molar-refractivity contribution in [2.45, 2.75) is 20.3 Å². The van der Waals surface area contributed by atoms with E-state index < -0.39 is 0 Å². The van der Waals surface area contributed by atoms with Crippen molar-refractivity contribution in [3.63, 3.8) is 0 Å². The first-order valence-electron chi connectivity index (χ1n) is 3.07. The average Bonchev–Trinajstić information content (AvgIpc) is 1.98. The van der Waals surface area contributed by atoms with Gasteiger partial charge in [0.2, 0.25) is 0 Å². The molecular weight excluding hydrogens is 140 g/mol. The Balaban J connectivity index is 2.89. The van der Waals surface area contributed by atoms with Gasteiger partial charge in [0.15, 0.2) is 0 Å². The van der Waals surface area contributed by atoms with E-state index in [0.717, 1.165) is 6.42 Å². The molecule has 0 aromatic carbocycles. The molecular formula is C5H12O5. The maximum absolute atomic E-state index is 7.56. The van der Waals surface area contributed by atoms with E-state index in [1.54, 1.807) is 0 Å². The van der Waals surface area contributed by atoms with Gasteiger partial charge in [0.05, 0.1) is 6.61 Å². The Labute approximate surface area is 59.2 Å². The third kappa shape index (κ3) is 5.93. The summed E-state index contributed by atoms with van der Waals surface area (Å²) in [5.74, 6) is 0.391. The summed E-state index contributed by atoms with van der Waals surface area (Å²) in [7, 11) is 0. The molecule has 62 valence electrons. The van der Waals surface area contributed by atoms with Crippen LogP contribution in [0.1, 0.15) is 20.3 Å². The van der Waals surface area contributed by atoms with E-state index in [1.807, 2.05) is 13.8 Å². The fourth-order valence-corrected chi connectivity index (χ4v) is 0.294. The molecule has 0 bridgehead atoms. The van der Waals surface area contributed by atoms with Crippen molar-refractivity contribution in [1.82, 2.24) is 0 Å². The van der Waals surface area contributed by atoms with E-state index in [-0.39, 0.29) is 0 Å². The Kier molecular flexibility index (Phi) is 6.78. The Morgan fingerprint density at radius 3 is 2.60 bits per heavy atom. The molecule has 0 rings (SSSR count). The van der Waals surface area contributed by atoms with E-state index in [4.69, 9.17) is 5.26 Å². The maximum Gasteiger partial charge on any atom is 0.0880 e. The summed E-state index contributed by atoms with van der Waals surface area (Å²) in [6, 6.07) is 0. The molecule has 0 heterocycles. The van der Waals surface area contributed by atoms with Crippen molar-refractivity contribution < 1.29 is 25.3 Å². The van der Waals surface area contributed by atoms with Gasteiger partial charge in [-0.1, -0.05) is 20.3 Å². The lowest BCUT2D eigenvalue weighted by atomic mass is 10.1. The molecule has 0 radical (unpaired) electrons. The molecule has 0 aromatic rings. The topological polar surface area (TPSA) is 57.2 Å². The highest BCUT2D eigenvalue weighted by atomic mass is 17.8. The van der Waals surface area contributed by atoms with Gasteiger partial charge in [-0.2, -0.15) is 0 Å². The van der Waals surface area contributed by atoms with Crippen LogP contribution in [-0.4, -0.2) is 11.9 Å². The predicted octanol–water partition coefficient (Wildman–Crippen LogP) is 1.32. The third-order valence-electron chi connectivity index (χ3n) is 1.16. The highest BCUT2D eigenvalue weighted by Crippen LogP contribution is 2.00. The van der Waals surface area contributed by atoms with Crippen molar-refractivity contribution in [2.75, 3.05) is 6.61 Å². The van der Waals surface area contributed by atoms with Crippen LogP contribution in [0.4, 0.5) is 0 Å². The summed E-state index contributed by atoms with van der Waals surface area (Å²) < 4.78 is 0. The standard InChI is InChI=1S/C5H12O5/c1-3-5(2)4-7-9-10-8-6/h5-6H,3-4H2,1-2H3/t5-/m0/s1. The van der Waals surface area contributed by atoms with E-state index in [0.29, 0.717) is 12.5 Å². The molecule has 5 nitrogen and oxygen atoms in total. The molecule has 0 aliphatic rings. The normalized spacial score (nSPS) is 13.5. The Morgan fingerprint density at radius 2 is 2.10 bits per heavy atom. The van der Waals surface area contributed by atoms with Gasteiger partial charge < -0.3 is 0 Å². The summed E-state index contributed by atoms with van der Waals surface area (Å²) in [6.45, 7) is 4.42. The SMILES string of the molecule is CC[C@H](C)COOOOO. The van der Waals surface area contributed by atoms with E-state index >= 15 is 0 Å². The summed E-state index contributed by atoms with van der Waals surface area (Å²) in [6.07, 6.45) is 0.989. The van der Waals surface area contributed by atoms with Gasteiger partial charge in [-0.15, -0.1) is 0 Å². The molecule has 0 fully saturated rings. The van der Waals surface area contributed by atoms with Crippen LogP contribution in [0.5, 0.6) is 0 Å². The van der Waals surface area contributed by atoms with Gasteiger partial charge in [-0.05, 0) is 21.0 Å². The van der Waals surface area contributed by atoms with Crippen LogP contribution < -0.4 is 0 Å². The van der Waals surface area contributed by atoms with Gasteiger partial charge in [-0.25, -0.2) is 10.1 Å². The third-order valence-corrected chi connectivity index (χ3v) is 1.16. The minimum Gasteiger partial charge on any atom is -0.219 e. The first-order valence-corrected chi connectivity index (χ1v) is 3.07. The molecule has 0 saturated heterocycles. The minimum absolute atomic E-state index is 0.391. The lowest BCUT2D eigenvalue weighted by molar-refractivity contribution is -0.702. The maximum atomic E-state index is 7.56. The molecule has 0 saturated carbocycles. The van der Waals surface area contributed by atoms with Crippen molar-refractivity contribution in [2.24, 2.45) is 5.92 Å². The van der Waals surface area contributed by atoms with Crippen LogP contribution in [0.2, 0.25) is 0 Å². The lowest BCUT2D eigenvalue weighted by Crippen LogP contribution is -2.05. The Morgan fingerprint density at radius 1 is 1.40 bits per heavy atom. The van der Waals surface area contributed by atoms with Crippen molar-refractivity contribution >= 4 is 0 Å². The first-order chi connectivity index (χ1) is 4.81. The second-order valence-corrected chi connectivity index (χ2v) is 2.01. The zero-order valence-corrected chi connectivity index (χ0v) is 6.07. The summed E-state index contributed by atoms with van der Waals surface area (Å²) in [5.41, 5.74) is 0. The van der Waals surface area contributed by atoms with Crippen molar-refractivity contribution in [1.29, 1.82) is 0 Å². The van der Waals surface area contributed by atoms with E-state index in [2.05, 4.69) is 20.0 Å². The number of rotatable bonds is 6. The molecule has 1 N–H and O–H groups in total. The molecule has 5 heteroatoms. The fourth-order valence-electron chi connectivity index (χ4n) is 0.294. The molecule has 0 aliphatic heterocycles.